The lowest BCUT2D eigenvalue weighted by Crippen LogP contribution is -2.19. The molecule has 0 spiro atoms. The van der Waals surface area contributed by atoms with Gasteiger partial charge in [-0.2, -0.15) is 0 Å². The van der Waals surface area contributed by atoms with Gasteiger partial charge in [0.25, 0.3) is 0 Å². The maximum absolute atomic E-state index is 13.3. The first-order valence-electron chi connectivity index (χ1n) is 14.1. The summed E-state index contributed by atoms with van der Waals surface area (Å²) >= 11 is -2.34. The van der Waals surface area contributed by atoms with E-state index in [-0.39, 0.29) is 11.8 Å². The van der Waals surface area contributed by atoms with Gasteiger partial charge in [-0.15, -0.1) is 0 Å². The topological polar surface area (TPSA) is 46.1 Å². The molecule has 0 atom stereocenters. The smallest absolute Gasteiger partial charge is 0.162 e. The molecule has 0 unspecified atom stereocenters. The lowest BCUT2D eigenvalue weighted by atomic mass is 9.83. The van der Waals surface area contributed by atoms with Gasteiger partial charge < -0.3 is 9.11 Å². The first kappa shape index (κ1) is 25.6. The third kappa shape index (κ3) is 4.06. The van der Waals surface area contributed by atoms with Gasteiger partial charge in [0, 0.05) is 56.4 Å². The Balaban J connectivity index is 1.14. The Kier molecular flexibility index (Phi) is 6.31. The Labute approximate surface area is 252 Å². The van der Waals surface area contributed by atoms with E-state index in [0.29, 0.717) is 0 Å². The first-order chi connectivity index (χ1) is 20.7. The van der Waals surface area contributed by atoms with Gasteiger partial charge in [0.2, 0.25) is 0 Å². The monoisotopic (exact) mass is 578 g/mol. The van der Waals surface area contributed by atoms with E-state index in [1.54, 1.807) is 0 Å². The molecule has 2 aliphatic heterocycles. The summed E-state index contributed by atoms with van der Waals surface area (Å²) in [5, 5.41) is 0. The summed E-state index contributed by atoms with van der Waals surface area (Å²) < 4.78 is 26.6. The predicted octanol–water partition coefficient (Wildman–Crippen LogP) is 8.67. The van der Waals surface area contributed by atoms with Gasteiger partial charge in [0.15, 0.2) is 19.6 Å². The molecule has 202 valence electrons. The van der Waals surface area contributed by atoms with E-state index in [4.69, 9.17) is 0 Å². The van der Waals surface area contributed by atoms with Gasteiger partial charge in [-0.3, -0.25) is 0 Å². The fraction of sp³-hybridized carbons (Fsp3) is 0.0526. The Morgan fingerprint density at radius 3 is 0.881 bits per heavy atom. The molecule has 6 aromatic carbocycles. The van der Waals surface area contributed by atoms with Crippen LogP contribution in [0.15, 0.2) is 165 Å². The molecule has 4 heteroatoms. The van der Waals surface area contributed by atoms with E-state index in [9.17, 15) is 9.11 Å². The molecule has 0 aliphatic carbocycles. The number of hydrogen-bond donors (Lipinski definition) is 0. The van der Waals surface area contributed by atoms with Crippen molar-refractivity contribution in [1.82, 2.24) is 0 Å². The average Bonchev–Trinajstić information content (AvgIpc) is 3.06. The van der Waals surface area contributed by atoms with Crippen LogP contribution in [0.3, 0.4) is 0 Å². The highest BCUT2D eigenvalue weighted by molar-refractivity contribution is 7.92. The summed E-state index contributed by atoms with van der Waals surface area (Å²) in [6.45, 7) is 0. The van der Waals surface area contributed by atoms with Crippen LogP contribution in [-0.4, -0.2) is 9.11 Å². The number of hydrogen-bond acceptors (Lipinski definition) is 2. The molecule has 0 amide bonds. The molecule has 2 nitrogen and oxygen atoms in total. The zero-order valence-electron chi connectivity index (χ0n) is 22.6. The van der Waals surface area contributed by atoms with Crippen molar-refractivity contribution in [2.24, 2.45) is 0 Å². The number of fused-ring (bicyclic) bond motifs is 4. The van der Waals surface area contributed by atoms with Crippen LogP contribution in [0.2, 0.25) is 0 Å². The van der Waals surface area contributed by atoms with Crippen LogP contribution in [0.25, 0.3) is 11.1 Å². The van der Waals surface area contributed by atoms with Gasteiger partial charge in [0.1, 0.15) is 0 Å². The second kappa shape index (κ2) is 10.3. The molecular weight excluding hydrogens is 553 g/mol. The van der Waals surface area contributed by atoms with E-state index < -0.39 is 22.4 Å². The van der Waals surface area contributed by atoms with Crippen molar-refractivity contribution in [2.75, 3.05) is 0 Å². The van der Waals surface area contributed by atoms with E-state index in [2.05, 4.69) is 72.8 Å². The van der Waals surface area contributed by atoms with E-state index in [1.807, 2.05) is 72.8 Å². The molecule has 2 heterocycles. The van der Waals surface area contributed by atoms with Crippen LogP contribution < -0.4 is 0 Å². The van der Waals surface area contributed by atoms with E-state index in [0.717, 1.165) is 53.0 Å². The van der Waals surface area contributed by atoms with E-state index >= 15 is 0 Å². The first-order valence-corrected chi connectivity index (χ1v) is 16.4. The quantitative estimate of drug-likeness (QED) is 0.197. The molecule has 0 aromatic heterocycles. The normalized spacial score (nSPS) is 20.1. The fourth-order valence-electron chi connectivity index (χ4n) is 6.58. The summed E-state index contributed by atoms with van der Waals surface area (Å²) in [5.41, 5.74) is 9.13. The van der Waals surface area contributed by atoms with Gasteiger partial charge in [-0.05, 0) is 46.5 Å². The minimum atomic E-state index is -1.17. The molecule has 8 rings (SSSR count). The fourth-order valence-corrected chi connectivity index (χ4v) is 9.46. The van der Waals surface area contributed by atoms with Crippen LogP contribution in [0, 0.1) is 0 Å². The molecule has 6 aromatic rings. The molecule has 0 N–H and O–H groups in total. The van der Waals surface area contributed by atoms with Crippen molar-refractivity contribution < 1.29 is 9.11 Å². The van der Waals surface area contributed by atoms with Crippen LogP contribution >= 0.6 is 0 Å². The van der Waals surface area contributed by atoms with Crippen molar-refractivity contribution in [3.8, 4) is 11.1 Å². The predicted molar refractivity (Wildman–Crippen MR) is 169 cm³/mol. The van der Waals surface area contributed by atoms with E-state index in [1.165, 1.54) is 11.1 Å². The minimum absolute atomic E-state index is 0.0449. The average molecular weight is 579 g/mol. The highest BCUT2D eigenvalue weighted by Crippen LogP contribution is 2.46. The maximum atomic E-state index is 13.3. The molecule has 0 radical (unpaired) electrons. The Bertz CT molecular complexity index is 1690. The zero-order chi connectivity index (χ0) is 28.2. The standard InChI is InChI=1S/C38H26O2S2/c39-41-33-13-5-1-9-29(33)37(30-10-2-6-14-34(30)41)27-21-17-25(18-22-27)26-19-23-28(24-20-26)38-31-11-3-7-15-35(31)42(40)36-16-8-4-12-32(36)38/h1-24,37-38H. The molecule has 0 saturated carbocycles. The largest absolute Gasteiger partial charge is 0.606 e. The maximum Gasteiger partial charge on any atom is 0.162 e. The van der Waals surface area contributed by atoms with Crippen molar-refractivity contribution in [3.05, 3.63) is 179 Å². The Morgan fingerprint density at radius 2 is 0.595 bits per heavy atom. The molecule has 42 heavy (non-hydrogen) atoms. The second-order valence-corrected chi connectivity index (χ2v) is 13.6. The minimum Gasteiger partial charge on any atom is -0.606 e. The van der Waals surface area contributed by atoms with Crippen LogP contribution in [0.4, 0.5) is 0 Å². The van der Waals surface area contributed by atoms with Crippen molar-refractivity contribution in [1.29, 1.82) is 0 Å². The SMILES string of the molecule is [O-][S+]1c2ccccc2C(c2ccc(-c3ccc(C4c5ccccc5[S+]([O-])c5ccccc54)cc3)cc2)c2ccccc21. The summed E-state index contributed by atoms with van der Waals surface area (Å²) in [6.07, 6.45) is 0. The lowest BCUT2D eigenvalue weighted by Gasteiger charge is -2.29. The second-order valence-electron chi connectivity index (χ2n) is 10.8. The summed E-state index contributed by atoms with van der Waals surface area (Å²) in [6, 6.07) is 50.0. The highest BCUT2D eigenvalue weighted by Gasteiger charge is 2.37. The zero-order valence-corrected chi connectivity index (χ0v) is 24.3. The lowest BCUT2D eigenvalue weighted by molar-refractivity contribution is 0.587. The molecule has 0 fully saturated rings. The Morgan fingerprint density at radius 1 is 0.333 bits per heavy atom. The third-order valence-corrected chi connectivity index (χ3v) is 11.6. The number of benzene rings is 6. The van der Waals surface area contributed by atoms with Crippen molar-refractivity contribution in [3.63, 3.8) is 0 Å². The van der Waals surface area contributed by atoms with Gasteiger partial charge in [-0.25, -0.2) is 0 Å². The van der Waals surface area contributed by atoms with Crippen LogP contribution in [-0.2, 0) is 22.4 Å². The van der Waals surface area contributed by atoms with Crippen molar-refractivity contribution in [2.45, 2.75) is 31.4 Å². The molecule has 0 bridgehead atoms. The van der Waals surface area contributed by atoms with Crippen molar-refractivity contribution >= 4 is 22.4 Å². The van der Waals surface area contributed by atoms with Crippen LogP contribution in [0.1, 0.15) is 45.2 Å². The third-order valence-electron chi connectivity index (χ3n) is 8.54. The summed E-state index contributed by atoms with van der Waals surface area (Å²) in [5.74, 6) is 0.0898. The van der Waals surface area contributed by atoms with Crippen LogP contribution in [0.5, 0.6) is 0 Å². The van der Waals surface area contributed by atoms with Gasteiger partial charge in [-0.1, -0.05) is 121 Å². The number of rotatable bonds is 3. The molecule has 0 saturated heterocycles. The molecule has 2 aliphatic rings. The van der Waals surface area contributed by atoms with Gasteiger partial charge >= 0.3 is 0 Å². The summed E-state index contributed by atoms with van der Waals surface area (Å²) in [4.78, 5) is 3.59. The summed E-state index contributed by atoms with van der Waals surface area (Å²) in [7, 11) is 0. The highest BCUT2D eigenvalue weighted by atomic mass is 32.2. The Hall–Kier alpha value is -4.06. The van der Waals surface area contributed by atoms with Gasteiger partial charge in [0.05, 0.1) is 0 Å². The molecular formula is C38H26O2S2.